The zero-order valence-corrected chi connectivity index (χ0v) is 10.5. The summed E-state index contributed by atoms with van der Waals surface area (Å²) in [6.45, 7) is 3.78. The van der Waals surface area contributed by atoms with E-state index < -0.39 is 0 Å². The molecule has 3 heteroatoms. The van der Waals surface area contributed by atoms with Gasteiger partial charge in [-0.2, -0.15) is 0 Å². The van der Waals surface area contributed by atoms with E-state index in [1.54, 1.807) is 12.1 Å². The lowest BCUT2D eigenvalue weighted by Crippen LogP contribution is -2.07. The molecule has 0 saturated carbocycles. The van der Waals surface area contributed by atoms with Gasteiger partial charge in [-0.05, 0) is 40.0 Å². The van der Waals surface area contributed by atoms with Crippen LogP contribution in [0.4, 0.5) is 4.39 Å². The Kier molecular flexibility index (Phi) is 4.45. The molecule has 1 rings (SSSR count). The van der Waals surface area contributed by atoms with E-state index in [0.29, 0.717) is 17.3 Å². The van der Waals surface area contributed by atoms with Crippen LogP contribution in [0, 0.1) is 11.7 Å². The summed E-state index contributed by atoms with van der Waals surface area (Å²) in [5.74, 6) is 0.0540. The molecule has 0 N–H and O–H groups in total. The van der Waals surface area contributed by atoms with Crippen molar-refractivity contribution in [3.05, 3.63) is 34.1 Å². The quantitative estimate of drug-likeness (QED) is 0.816. The molecule has 0 heterocycles. The number of aryl methyl sites for hydroxylation is 1. The smallest absolute Gasteiger partial charge is 0.137 e. The van der Waals surface area contributed by atoms with Crippen molar-refractivity contribution >= 4 is 21.7 Å². The third kappa shape index (κ3) is 3.74. The monoisotopic (exact) mass is 272 g/mol. The molecule has 0 radical (unpaired) electrons. The fraction of sp³-hybridized carbons (Fsp3) is 0.417. The Balaban J connectivity index is 2.58. The zero-order valence-electron chi connectivity index (χ0n) is 8.89. The van der Waals surface area contributed by atoms with Gasteiger partial charge in [0, 0.05) is 12.3 Å². The molecule has 15 heavy (non-hydrogen) atoms. The Bertz CT molecular complexity index is 361. The van der Waals surface area contributed by atoms with E-state index in [-0.39, 0.29) is 17.5 Å². The van der Waals surface area contributed by atoms with Gasteiger partial charge in [-0.1, -0.05) is 19.9 Å². The highest BCUT2D eigenvalue weighted by atomic mass is 79.9. The van der Waals surface area contributed by atoms with Crippen molar-refractivity contribution in [3.8, 4) is 0 Å². The van der Waals surface area contributed by atoms with Crippen LogP contribution >= 0.6 is 15.9 Å². The van der Waals surface area contributed by atoms with Crippen molar-refractivity contribution in [2.75, 3.05) is 0 Å². The molecule has 0 atom stereocenters. The van der Waals surface area contributed by atoms with Crippen LogP contribution in [-0.4, -0.2) is 5.78 Å². The summed E-state index contributed by atoms with van der Waals surface area (Å²) in [5, 5.41) is 0. The number of Topliss-reactive ketones (excluding diaryl/α,β-unsaturated/α-hetero) is 1. The normalized spacial score (nSPS) is 10.7. The van der Waals surface area contributed by atoms with Gasteiger partial charge in [0.2, 0.25) is 0 Å². The molecule has 1 aromatic carbocycles. The van der Waals surface area contributed by atoms with Gasteiger partial charge >= 0.3 is 0 Å². The van der Waals surface area contributed by atoms with Gasteiger partial charge in [-0.3, -0.25) is 4.79 Å². The number of hydrogen-bond donors (Lipinski definition) is 0. The highest BCUT2D eigenvalue weighted by Crippen LogP contribution is 2.18. The number of rotatable bonds is 4. The number of hydrogen-bond acceptors (Lipinski definition) is 1. The van der Waals surface area contributed by atoms with Crippen molar-refractivity contribution in [1.29, 1.82) is 0 Å². The maximum atomic E-state index is 12.9. The minimum absolute atomic E-state index is 0.0777. The number of carbonyl (C=O) groups is 1. The predicted molar refractivity (Wildman–Crippen MR) is 62.3 cm³/mol. The molecular formula is C12H14BrFO. The predicted octanol–water partition coefficient (Wildman–Crippen LogP) is 3.75. The molecule has 0 bridgehead atoms. The second kappa shape index (κ2) is 5.40. The third-order valence-electron chi connectivity index (χ3n) is 2.29. The molecule has 0 saturated heterocycles. The fourth-order valence-corrected chi connectivity index (χ4v) is 1.68. The Morgan fingerprint density at radius 2 is 2.13 bits per heavy atom. The number of benzene rings is 1. The maximum absolute atomic E-state index is 12.9. The van der Waals surface area contributed by atoms with E-state index in [9.17, 15) is 9.18 Å². The average Bonchev–Trinajstić information content (AvgIpc) is 2.19. The number of halogens is 2. The first-order valence-electron chi connectivity index (χ1n) is 4.97. The molecule has 82 valence electrons. The van der Waals surface area contributed by atoms with Crippen LogP contribution in [0.5, 0.6) is 0 Å². The first-order chi connectivity index (χ1) is 7.00. The molecule has 0 aliphatic heterocycles. The fourth-order valence-electron chi connectivity index (χ4n) is 1.25. The van der Waals surface area contributed by atoms with Crippen LogP contribution < -0.4 is 0 Å². The van der Waals surface area contributed by atoms with Gasteiger partial charge in [-0.15, -0.1) is 0 Å². The van der Waals surface area contributed by atoms with Crippen molar-refractivity contribution in [3.63, 3.8) is 0 Å². The summed E-state index contributed by atoms with van der Waals surface area (Å²) < 4.78 is 13.4. The Labute approximate surface area is 97.8 Å². The lowest BCUT2D eigenvalue weighted by atomic mass is 10.0. The maximum Gasteiger partial charge on any atom is 0.137 e. The minimum Gasteiger partial charge on any atom is -0.299 e. The van der Waals surface area contributed by atoms with Crippen LogP contribution in [0.15, 0.2) is 22.7 Å². The van der Waals surface area contributed by atoms with Gasteiger partial charge in [0.1, 0.15) is 11.6 Å². The van der Waals surface area contributed by atoms with Gasteiger partial charge in [0.25, 0.3) is 0 Å². The van der Waals surface area contributed by atoms with Crippen LogP contribution in [0.1, 0.15) is 25.8 Å². The highest BCUT2D eigenvalue weighted by molar-refractivity contribution is 9.10. The molecule has 0 aromatic heterocycles. The molecule has 0 aliphatic rings. The molecule has 0 fully saturated rings. The second-order valence-electron chi connectivity index (χ2n) is 3.87. The zero-order chi connectivity index (χ0) is 11.4. The molecule has 0 amide bonds. The van der Waals surface area contributed by atoms with E-state index in [2.05, 4.69) is 15.9 Å². The minimum atomic E-state index is -0.270. The third-order valence-corrected chi connectivity index (χ3v) is 2.90. The Hall–Kier alpha value is -0.700. The van der Waals surface area contributed by atoms with Crippen LogP contribution in [0.2, 0.25) is 0 Å². The molecule has 1 nitrogen and oxygen atoms in total. The Morgan fingerprint density at radius 1 is 1.47 bits per heavy atom. The van der Waals surface area contributed by atoms with Crippen LogP contribution in [-0.2, 0) is 11.2 Å². The van der Waals surface area contributed by atoms with E-state index in [4.69, 9.17) is 0 Å². The van der Waals surface area contributed by atoms with E-state index in [1.165, 1.54) is 6.07 Å². The van der Waals surface area contributed by atoms with E-state index in [0.717, 1.165) is 5.56 Å². The van der Waals surface area contributed by atoms with Gasteiger partial charge in [0.15, 0.2) is 0 Å². The Morgan fingerprint density at radius 3 is 2.67 bits per heavy atom. The van der Waals surface area contributed by atoms with E-state index >= 15 is 0 Å². The summed E-state index contributed by atoms with van der Waals surface area (Å²) in [6.07, 6.45) is 1.20. The first-order valence-corrected chi connectivity index (χ1v) is 5.76. The van der Waals surface area contributed by atoms with Gasteiger partial charge in [-0.25, -0.2) is 4.39 Å². The SMILES string of the molecule is CC(C)C(=O)CCc1ccc(F)c(Br)c1. The molecule has 0 aliphatic carbocycles. The summed E-state index contributed by atoms with van der Waals surface area (Å²) in [6, 6.07) is 4.86. The standard InChI is InChI=1S/C12H14BrFO/c1-8(2)12(15)6-4-9-3-5-11(14)10(13)7-9/h3,5,7-8H,4,6H2,1-2H3. The summed E-state index contributed by atoms with van der Waals surface area (Å²) in [4.78, 5) is 11.4. The molecular weight excluding hydrogens is 259 g/mol. The lowest BCUT2D eigenvalue weighted by Gasteiger charge is -2.04. The summed E-state index contributed by atoms with van der Waals surface area (Å²) in [7, 11) is 0. The number of carbonyl (C=O) groups excluding carboxylic acids is 1. The largest absolute Gasteiger partial charge is 0.299 e. The van der Waals surface area contributed by atoms with E-state index in [1.807, 2.05) is 13.8 Å². The van der Waals surface area contributed by atoms with Crippen molar-refractivity contribution in [2.45, 2.75) is 26.7 Å². The van der Waals surface area contributed by atoms with Crippen LogP contribution in [0.25, 0.3) is 0 Å². The summed E-state index contributed by atoms with van der Waals surface area (Å²) >= 11 is 3.12. The van der Waals surface area contributed by atoms with Crippen molar-refractivity contribution in [2.24, 2.45) is 5.92 Å². The average molecular weight is 273 g/mol. The molecule has 0 unspecified atom stereocenters. The molecule has 0 spiro atoms. The topological polar surface area (TPSA) is 17.1 Å². The highest BCUT2D eigenvalue weighted by Gasteiger charge is 2.08. The van der Waals surface area contributed by atoms with Crippen molar-refractivity contribution < 1.29 is 9.18 Å². The van der Waals surface area contributed by atoms with Gasteiger partial charge in [0.05, 0.1) is 4.47 Å². The second-order valence-corrected chi connectivity index (χ2v) is 4.72. The van der Waals surface area contributed by atoms with Gasteiger partial charge < -0.3 is 0 Å². The van der Waals surface area contributed by atoms with Crippen molar-refractivity contribution in [1.82, 2.24) is 0 Å². The molecule has 1 aromatic rings. The lowest BCUT2D eigenvalue weighted by molar-refractivity contribution is -0.121. The summed E-state index contributed by atoms with van der Waals surface area (Å²) in [5.41, 5.74) is 0.984. The van der Waals surface area contributed by atoms with Crippen LogP contribution in [0.3, 0.4) is 0 Å². The number of ketones is 1. The first kappa shape index (κ1) is 12.4.